The smallest absolute Gasteiger partial charge is 0.198 e. The maximum atomic E-state index is 5.79. The number of benzene rings is 2. The number of nitrogens with two attached hydrogens (primary N) is 2. The number of nitrogens with one attached hydrogen (secondary N) is 1. The van der Waals surface area contributed by atoms with Crippen LogP contribution in [0.2, 0.25) is 5.02 Å². The number of hydrogen-bond donors (Lipinski definition) is 3. The van der Waals surface area contributed by atoms with E-state index in [4.69, 9.17) is 23.1 Å². The van der Waals surface area contributed by atoms with Crippen molar-refractivity contribution in [3.05, 3.63) is 53.6 Å². The molecule has 0 bridgehead atoms. The van der Waals surface area contributed by atoms with E-state index in [0.717, 1.165) is 11.4 Å². The molecule has 2 aromatic rings. The summed E-state index contributed by atoms with van der Waals surface area (Å²) in [6, 6.07) is 14.4. The minimum absolute atomic E-state index is 0. The van der Waals surface area contributed by atoms with Gasteiger partial charge in [0.05, 0.1) is 5.69 Å². The Bertz CT molecular complexity index is 570. The van der Waals surface area contributed by atoms with Crippen LogP contribution in [0, 0.1) is 0 Å². The predicted molar refractivity (Wildman–Crippen MR) is 91.7 cm³/mol. The largest absolute Gasteiger partial charge is 0.399 e. The van der Waals surface area contributed by atoms with Gasteiger partial charge in [-0.05, 0) is 42.5 Å². The molecule has 0 saturated carbocycles. The van der Waals surface area contributed by atoms with E-state index in [2.05, 4.69) is 10.3 Å². The van der Waals surface area contributed by atoms with Crippen molar-refractivity contribution >= 4 is 59.4 Å². The zero-order valence-corrected chi connectivity index (χ0v) is 12.8. The molecule has 0 saturated heterocycles. The lowest BCUT2D eigenvalue weighted by Crippen LogP contribution is -2.21. The molecule has 0 heterocycles. The van der Waals surface area contributed by atoms with Gasteiger partial charge < -0.3 is 16.8 Å². The van der Waals surface area contributed by atoms with Gasteiger partial charge in [-0.3, -0.25) is 0 Å². The van der Waals surface area contributed by atoms with E-state index in [1.165, 1.54) is 0 Å². The molecule has 5 N–H and O–H groups in total. The summed E-state index contributed by atoms with van der Waals surface area (Å²) in [7, 11) is 0. The first-order chi connectivity index (χ1) is 8.63. The van der Waals surface area contributed by atoms with Crippen LogP contribution in [0.5, 0.6) is 0 Å². The number of nitrogen functional groups attached to an aromatic ring is 1. The number of aliphatic imine (C=N–C) groups is 1. The van der Waals surface area contributed by atoms with Gasteiger partial charge >= 0.3 is 0 Å². The molecule has 0 fully saturated rings. The Morgan fingerprint density at radius 1 is 1.05 bits per heavy atom. The molecular formula is C13H15Cl3N4. The van der Waals surface area contributed by atoms with E-state index in [9.17, 15) is 0 Å². The Kier molecular flexibility index (Phi) is 7.84. The zero-order chi connectivity index (χ0) is 13.0. The number of rotatable bonds is 2. The normalized spacial score (nSPS) is 10.2. The average Bonchev–Trinajstić information content (AvgIpc) is 2.32. The lowest BCUT2D eigenvalue weighted by molar-refractivity contribution is 1.44. The van der Waals surface area contributed by atoms with Crippen LogP contribution in [0.4, 0.5) is 17.1 Å². The van der Waals surface area contributed by atoms with Gasteiger partial charge in [0.1, 0.15) is 0 Å². The van der Waals surface area contributed by atoms with Gasteiger partial charge in [0.15, 0.2) is 5.96 Å². The summed E-state index contributed by atoms with van der Waals surface area (Å²) < 4.78 is 0. The molecule has 0 aliphatic carbocycles. The van der Waals surface area contributed by atoms with Gasteiger partial charge in [-0.15, -0.1) is 24.8 Å². The van der Waals surface area contributed by atoms with Gasteiger partial charge in [-0.25, -0.2) is 4.99 Å². The van der Waals surface area contributed by atoms with Crippen molar-refractivity contribution in [2.24, 2.45) is 10.7 Å². The first-order valence-corrected chi connectivity index (χ1v) is 5.73. The maximum absolute atomic E-state index is 5.79. The molecule has 0 radical (unpaired) electrons. The Morgan fingerprint density at radius 2 is 1.70 bits per heavy atom. The second-order valence-electron chi connectivity index (χ2n) is 3.72. The van der Waals surface area contributed by atoms with Gasteiger partial charge in [0.25, 0.3) is 0 Å². The highest BCUT2D eigenvalue weighted by Crippen LogP contribution is 2.17. The number of hydrogen-bond acceptors (Lipinski definition) is 2. The highest BCUT2D eigenvalue weighted by Gasteiger charge is 1.96. The van der Waals surface area contributed by atoms with E-state index in [1.807, 2.05) is 12.1 Å². The monoisotopic (exact) mass is 332 g/mol. The second kappa shape index (κ2) is 8.53. The summed E-state index contributed by atoms with van der Waals surface area (Å²) in [6.07, 6.45) is 0. The molecule has 0 aromatic heterocycles. The van der Waals surface area contributed by atoms with Crippen LogP contribution in [0.15, 0.2) is 53.5 Å². The van der Waals surface area contributed by atoms with Crippen LogP contribution in [0.1, 0.15) is 0 Å². The lowest BCUT2D eigenvalue weighted by atomic mass is 10.3. The first kappa shape index (κ1) is 18.4. The molecule has 20 heavy (non-hydrogen) atoms. The van der Waals surface area contributed by atoms with Crippen molar-refractivity contribution in [1.82, 2.24) is 0 Å². The average molecular weight is 334 g/mol. The van der Waals surface area contributed by atoms with E-state index < -0.39 is 0 Å². The minimum Gasteiger partial charge on any atom is -0.399 e. The predicted octanol–water partition coefficient (Wildman–Crippen LogP) is 3.82. The molecule has 0 spiro atoms. The Hall–Kier alpha value is -1.62. The third kappa shape index (κ3) is 5.57. The summed E-state index contributed by atoms with van der Waals surface area (Å²) >= 11 is 5.79. The van der Waals surface area contributed by atoms with Crippen molar-refractivity contribution in [2.75, 3.05) is 11.1 Å². The number of halogens is 3. The van der Waals surface area contributed by atoms with E-state index in [1.54, 1.807) is 36.4 Å². The highest BCUT2D eigenvalue weighted by atomic mass is 35.5. The van der Waals surface area contributed by atoms with Crippen LogP contribution < -0.4 is 16.8 Å². The molecule has 0 atom stereocenters. The Labute approximate surface area is 135 Å². The Morgan fingerprint density at radius 3 is 2.30 bits per heavy atom. The standard InChI is InChI=1S/C13H13ClN4.2ClH/c14-9-4-6-11(7-5-9)17-13(16)18-12-3-1-2-10(15)8-12;;/h1-8H,15H2,(H3,16,17,18);2*1H. The number of guanidine groups is 1. The number of anilines is 2. The molecule has 108 valence electrons. The maximum Gasteiger partial charge on any atom is 0.198 e. The molecule has 0 aliphatic heterocycles. The first-order valence-electron chi connectivity index (χ1n) is 5.36. The minimum atomic E-state index is 0. The van der Waals surface area contributed by atoms with Gasteiger partial charge in [-0.1, -0.05) is 17.7 Å². The summed E-state index contributed by atoms with van der Waals surface area (Å²) in [5.41, 5.74) is 13.7. The third-order valence-electron chi connectivity index (χ3n) is 2.24. The van der Waals surface area contributed by atoms with Crippen LogP contribution >= 0.6 is 36.4 Å². The van der Waals surface area contributed by atoms with Crippen LogP contribution in [0.3, 0.4) is 0 Å². The molecule has 2 rings (SSSR count). The third-order valence-corrected chi connectivity index (χ3v) is 2.49. The number of nitrogens with zero attached hydrogens (tertiary/aromatic N) is 1. The fraction of sp³-hybridized carbons (Fsp3) is 0. The van der Waals surface area contributed by atoms with E-state index >= 15 is 0 Å². The molecule has 0 unspecified atom stereocenters. The molecular weight excluding hydrogens is 319 g/mol. The zero-order valence-electron chi connectivity index (χ0n) is 10.4. The van der Waals surface area contributed by atoms with Crippen molar-refractivity contribution in [3.8, 4) is 0 Å². The van der Waals surface area contributed by atoms with Crippen molar-refractivity contribution in [3.63, 3.8) is 0 Å². The molecule has 7 heteroatoms. The second-order valence-corrected chi connectivity index (χ2v) is 4.16. The van der Waals surface area contributed by atoms with Crippen LogP contribution in [0.25, 0.3) is 0 Å². The van der Waals surface area contributed by atoms with E-state index in [-0.39, 0.29) is 24.8 Å². The molecule has 0 aliphatic rings. The fourth-order valence-electron chi connectivity index (χ4n) is 1.45. The summed E-state index contributed by atoms with van der Waals surface area (Å²) in [5.74, 6) is 0.294. The van der Waals surface area contributed by atoms with E-state index in [0.29, 0.717) is 16.7 Å². The van der Waals surface area contributed by atoms with Crippen molar-refractivity contribution in [2.45, 2.75) is 0 Å². The topological polar surface area (TPSA) is 76.4 Å². The van der Waals surface area contributed by atoms with Gasteiger partial charge in [0.2, 0.25) is 0 Å². The van der Waals surface area contributed by atoms with Gasteiger partial charge in [0, 0.05) is 16.4 Å². The molecule has 2 aromatic carbocycles. The SMILES string of the molecule is Cl.Cl.NC(=Nc1ccc(Cl)cc1)Nc1cccc(N)c1. The van der Waals surface area contributed by atoms with Crippen molar-refractivity contribution in [1.29, 1.82) is 0 Å². The summed E-state index contributed by atoms with van der Waals surface area (Å²) in [5, 5.41) is 3.62. The molecule has 0 amide bonds. The fourth-order valence-corrected chi connectivity index (χ4v) is 1.57. The van der Waals surface area contributed by atoms with Crippen LogP contribution in [-0.2, 0) is 0 Å². The molecule has 4 nitrogen and oxygen atoms in total. The Balaban J connectivity index is 0.00000180. The highest BCUT2D eigenvalue weighted by molar-refractivity contribution is 6.30. The summed E-state index contributed by atoms with van der Waals surface area (Å²) in [4.78, 5) is 4.21. The quantitative estimate of drug-likeness (QED) is 0.444. The lowest BCUT2D eigenvalue weighted by Gasteiger charge is -2.06. The van der Waals surface area contributed by atoms with Crippen LogP contribution in [-0.4, -0.2) is 5.96 Å². The van der Waals surface area contributed by atoms with Gasteiger partial charge in [-0.2, -0.15) is 0 Å². The van der Waals surface area contributed by atoms with Crippen molar-refractivity contribution < 1.29 is 0 Å². The summed E-state index contributed by atoms with van der Waals surface area (Å²) in [6.45, 7) is 0.